The number of nitrogens with two attached hydrogens (primary N) is 1. The zero-order valence-electron chi connectivity index (χ0n) is 15.1. The number of anilines is 1. The van der Waals surface area contributed by atoms with Crippen LogP contribution in [0.5, 0.6) is 5.75 Å². The molecule has 0 amide bonds. The number of fused-ring (bicyclic) bond motifs is 2. The Labute approximate surface area is 179 Å². The predicted molar refractivity (Wildman–Crippen MR) is 117 cm³/mol. The van der Waals surface area contributed by atoms with Gasteiger partial charge in [-0.3, -0.25) is 0 Å². The maximum absolute atomic E-state index is 13.8. The number of nitrogens with zero attached hydrogens (tertiary/aromatic N) is 4. The number of benzene rings is 2. The summed E-state index contributed by atoms with van der Waals surface area (Å²) in [5.74, 6) is 1.52. The number of allylic oxidation sites excluding steroid dienone is 2. The van der Waals surface area contributed by atoms with Gasteiger partial charge in [0.2, 0.25) is 0 Å². The van der Waals surface area contributed by atoms with Gasteiger partial charge >= 0.3 is 0 Å². The van der Waals surface area contributed by atoms with E-state index in [2.05, 4.69) is 37.7 Å². The van der Waals surface area contributed by atoms with E-state index in [0.717, 1.165) is 31.5 Å². The molecule has 1 aliphatic heterocycles. The average molecular weight is 499 g/mol. The topological polar surface area (TPSA) is 78.9 Å². The third kappa shape index (κ3) is 3.23. The summed E-state index contributed by atoms with van der Waals surface area (Å²) in [5, 5.41) is 5.32. The van der Waals surface area contributed by atoms with E-state index in [1.54, 1.807) is 10.7 Å². The summed E-state index contributed by atoms with van der Waals surface area (Å²) < 4.78 is 22.5. The number of halogens is 2. The SMILES string of the molecule is Nc1ncnc2c1c(I)nn2CC1=C(c2ccccc2)Cc2cc(F)ccc2O1. The highest BCUT2D eigenvalue weighted by molar-refractivity contribution is 14.1. The largest absolute Gasteiger partial charge is 0.459 e. The zero-order valence-corrected chi connectivity index (χ0v) is 17.3. The highest BCUT2D eigenvalue weighted by atomic mass is 127. The molecule has 29 heavy (non-hydrogen) atoms. The number of nitrogen functional groups attached to an aromatic ring is 1. The Bertz CT molecular complexity index is 1270. The molecule has 2 N–H and O–H groups in total. The standard InChI is InChI=1S/C21H15FIN5O/c22-14-6-7-16-13(8-14)9-15(12-4-2-1-3-5-12)17(29-16)10-28-21-18(19(23)27-28)20(24)25-11-26-21/h1-8,11H,9-10H2,(H2,24,25,26). The Hall–Kier alpha value is -3.01. The summed E-state index contributed by atoms with van der Waals surface area (Å²) in [6.07, 6.45) is 2.00. The van der Waals surface area contributed by atoms with Gasteiger partial charge in [0.25, 0.3) is 0 Å². The van der Waals surface area contributed by atoms with Gasteiger partial charge in [0.15, 0.2) is 5.65 Å². The van der Waals surface area contributed by atoms with E-state index in [0.29, 0.717) is 30.2 Å². The quantitative estimate of drug-likeness (QED) is 0.428. The Kier molecular flexibility index (Phi) is 4.42. The summed E-state index contributed by atoms with van der Waals surface area (Å²) in [6.45, 7) is 0.372. The van der Waals surface area contributed by atoms with Crippen molar-refractivity contribution in [2.24, 2.45) is 0 Å². The Morgan fingerprint density at radius 3 is 2.79 bits per heavy atom. The van der Waals surface area contributed by atoms with Gasteiger partial charge in [-0.1, -0.05) is 30.3 Å². The second kappa shape index (κ2) is 7.11. The number of rotatable bonds is 3. The van der Waals surface area contributed by atoms with Crippen molar-refractivity contribution >= 4 is 45.0 Å². The van der Waals surface area contributed by atoms with Crippen LogP contribution in [0.2, 0.25) is 0 Å². The van der Waals surface area contributed by atoms with Crippen molar-refractivity contribution in [3.8, 4) is 5.75 Å². The van der Waals surface area contributed by atoms with Crippen LogP contribution in [-0.2, 0) is 13.0 Å². The van der Waals surface area contributed by atoms with Gasteiger partial charge in [-0.05, 0) is 46.4 Å². The molecule has 0 saturated heterocycles. The van der Waals surface area contributed by atoms with Crippen molar-refractivity contribution in [3.05, 3.63) is 81.3 Å². The van der Waals surface area contributed by atoms with Gasteiger partial charge in [0.05, 0.1) is 5.39 Å². The van der Waals surface area contributed by atoms with E-state index in [9.17, 15) is 4.39 Å². The molecule has 3 heterocycles. The molecule has 0 aliphatic carbocycles. The summed E-state index contributed by atoms with van der Waals surface area (Å²) in [7, 11) is 0. The van der Waals surface area contributed by atoms with Gasteiger partial charge in [-0.25, -0.2) is 19.0 Å². The third-order valence-electron chi connectivity index (χ3n) is 4.89. The van der Waals surface area contributed by atoms with Crippen LogP contribution < -0.4 is 10.5 Å². The first kappa shape index (κ1) is 18.0. The lowest BCUT2D eigenvalue weighted by Crippen LogP contribution is -2.16. The van der Waals surface area contributed by atoms with E-state index >= 15 is 0 Å². The van der Waals surface area contributed by atoms with Crippen LogP contribution in [0.4, 0.5) is 10.2 Å². The first-order valence-electron chi connectivity index (χ1n) is 8.96. The molecule has 2 aromatic carbocycles. The number of hydrogen-bond donors (Lipinski definition) is 1. The normalized spacial score (nSPS) is 13.4. The van der Waals surface area contributed by atoms with Crippen LogP contribution in [0.15, 0.2) is 60.6 Å². The minimum Gasteiger partial charge on any atom is -0.459 e. The molecule has 5 rings (SSSR count). The van der Waals surface area contributed by atoms with Crippen molar-refractivity contribution in [1.82, 2.24) is 19.7 Å². The van der Waals surface area contributed by atoms with Crippen molar-refractivity contribution < 1.29 is 9.13 Å². The minimum absolute atomic E-state index is 0.275. The smallest absolute Gasteiger partial charge is 0.164 e. The van der Waals surface area contributed by atoms with E-state index in [-0.39, 0.29) is 5.82 Å². The fraction of sp³-hybridized carbons (Fsp3) is 0.0952. The van der Waals surface area contributed by atoms with E-state index in [4.69, 9.17) is 10.5 Å². The number of ether oxygens (including phenoxy) is 1. The van der Waals surface area contributed by atoms with Crippen molar-refractivity contribution in [1.29, 1.82) is 0 Å². The van der Waals surface area contributed by atoms with Gasteiger partial charge in [0, 0.05) is 17.6 Å². The molecule has 0 bridgehead atoms. The van der Waals surface area contributed by atoms with Crippen LogP contribution in [-0.4, -0.2) is 19.7 Å². The number of hydrogen-bond acceptors (Lipinski definition) is 5. The molecule has 0 radical (unpaired) electrons. The first-order valence-corrected chi connectivity index (χ1v) is 10.0. The molecule has 0 spiro atoms. The lowest BCUT2D eigenvalue weighted by atomic mass is 9.94. The van der Waals surface area contributed by atoms with Crippen LogP contribution in [0.1, 0.15) is 11.1 Å². The third-order valence-corrected chi connectivity index (χ3v) is 5.65. The summed E-state index contributed by atoms with van der Waals surface area (Å²) in [5.41, 5.74) is 9.49. The van der Waals surface area contributed by atoms with Gasteiger partial charge < -0.3 is 10.5 Å². The van der Waals surface area contributed by atoms with E-state index < -0.39 is 0 Å². The minimum atomic E-state index is -0.275. The highest BCUT2D eigenvalue weighted by Gasteiger charge is 2.24. The maximum Gasteiger partial charge on any atom is 0.164 e. The maximum atomic E-state index is 13.8. The van der Waals surface area contributed by atoms with Crippen LogP contribution in [0.25, 0.3) is 16.6 Å². The zero-order chi connectivity index (χ0) is 20.0. The molecule has 0 unspecified atom stereocenters. The fourth-order valence-electron chi connectivity index (χ4n) is 3.53. The van der Waals surface area contributed by atoms with Gasteiger partial charge in [0.1, 0.15) is 39.7 Å². The van der Waals surface area contributed by atoms with Crippen molar-refractivity contribution in [3.63, 3.8) is 0 Å². The van der Waals surface area contributed by atoms with Crippen molar-refractivity contribution in [2.75, 3.05) is 5.73 Å². The Morgan fingerprint density at radius 1 is 1.14 bits per heavy atom. The lowest BCUT2D eigenvalue weighted by molar-refractivity contribution is 0.375. The molecule has 0 fully saturated rings. The molecule has 8 heteroatoms. The summed E-state index contributed by atoms with van der Waals surface area (Å²) >= 11 is 2.13. The summed E-state index contributed by atoms with van der Waals surface area (Å²) in [4.78, 5) is 8.42. The first-order chi connectivity index (χ1) is 14.1. The van der Waals surface area contributed by atoms with Crippen LogP contribution >= 0.6 is 22.6 Å². The molecule has 6 nitrogen and oxygen atoms in total. The molecule has 4 aromatic rings. The molecule has 1 aliphatic rings. The molecular formula is C21H15FIN5O. The molecule has 0 saturated carbocycles. The number of aromatic nitrogens is 4. The molecular weight excluding hydrogens is 484 g/mol. The van der Waals surface area contributed by atoms with Crippen LogP contribution in [0.3, 0.4) is 0 Å². The van der Waals surface area contributed by atoms with E-state index in [1.165, 1.54) is 18.5 Å². The molecule has 144 valence electrons. The monoisotopic (exact) mass is 499 g/mol. The van der Waals surface area contributed by atoms with E-state index in [1.807, 2.05) is 30.3 Å². The predicted octanol–water partition coefficient (Wildman–Crippen LogP) is 4.20. The van der Waals surface area contributed by atoms with Gasteiger partial charge in [-0.15, -0.1) is 0 Å². The van der Waals surface area contributed by atoms with Crippen molar-refractivity contribution in [2.45, 2.75) is 13.0 Å². The fourth-order valence-corrected chi connectivity index (χ4v) is 4.31. The lowest BCUT2D eigenvalue weighted by Gasteiger charge is -2.24. The Balaban J connectivity index is 1.64. The summed E-state index contributed by atoms with van der Waals surface area (Å²) in [6, 6.07) is 14.5. The molecule has 2 aromatic heterocycles. The average Bonchev–Trinajstić information content (AvgIpc) is 3.05. The molecule has 0 atom stereocenters. The van der Waals surface area contributed by atoms with Gasteiger partial charge in [-0.2, -0.15) is 5.10 Å². The van der Waals surface area contributed by atoms with Crippen LogP contribution in [0, 0.1) is 9.52 Å². The Morgan fingerprint density at radius 2 is 1.97 bits per heavy atom. The second-order valence-corrected chi connectivity index (χ2v) is 7.73. The second-order valence-electron chi connectivity index (χ2n) is 6.70. The highest BCUT2D eigenvalue weighted by Crippen LogP contribution is 2.36.